The average Bonchev–Trinajstić information content (AvgIpc) is 3.09. The van der Waals surface area contributed by atoms with Crippen LogP contribution >= 0.6 is 0 Å². The lowest BCUT2D eigenvalue weighted by molar-refractivity contribution is -0.147. The first kappa shape index (κ1) is 11.2. The molecule has 4 heteroatoms. The van der Waals surface area contributed by atoms with E-state index in [1.165, 1.54) is 12.8 Å². The molecule has 2 unspecified atom stereocenters. The number of carbonyl (C=O) groups excluding carboxylic acids is 1. The van der Waals surface area contributed by atoms with Gasteiger partial charge in [0.25, 0.3) is 0 Å². The van der Waals surface area contributed by atoms with Crippen molar-refractivity contribution in [1.82, 2.24) is 5.32 Å². The zero-order valence-electron chi connectivity index (χ0n) is 9.19. The molecule has 2 rings (SSSR count). The van der Waals surface area contributed by atoms with Gasteiger partial charge in [-0.3, -0.25) is 9.59 Å². The molecular weight excluding hydrogens is 206 g/mol. The molecule has 0 aliphatic heterocycles. The Morgan fingerprint density at radius 2 is 1.81 bits per heavy atom. The molecule has 0 saturated heterocycles. The molecule has 2 N–H and O–H groups in total. The SMILES string of the molecule is O=C(O)C1CC=CCC1C(=O)NCC1CC1. The third-order valence-electron chi connectivity index (χ3n) is 3.35. The average molecular weight is 223 g/mol. The minimum atomic E-state index is -0.865. The van der Waals surface area contributed by atoms with Gasteiger partial charge in [-0.1, -0.05) is 12.2 Å². The summed E-state index contributed by atoms with van der Waals surface area (Å²) in [6, 6.07) is 0. The second-order valence-corrected chi connectivity index (χ2v) is 4.68. The Morgan fingerprint density at radius 3 is 2.38 bits per heavy atom. The summed E-state index contributed by atoms with van der Waals surface area (Å²) in [4.78, 5) is 22.8. The van der Waals surface area contributed by atoms with E-state index in [1.807, 2.05) is 12.2 Å². The Hall–Kier alpha value is -1.32. The summed E-state index contributed by atoms with van der Waals surface area (Å²) in [5.41, 5.74) is 0. The van der Waals surface area contributed by atoms with Crippen molar-refractivity contribution >= 4 is 11.9 Å². The second-order valence-electron chi connectivity index (χ2n) is 4.68. The van der Waals surface area contributed by atoms with E-state index in [2.05, 4.69) is 5.32 Å². The maximum absolute atomic E-state index is 11.8. The minimum absolute atomic E-state index is 0.0938. The molecule has 4 nitrogen and oxygen atoms in total. The smallest absolute Gasteiger partial charge is 0.307 e. The van der Waals surface area contributed by atoms with Crippen molar-refractivity contribution < 1.29 is 14.7 Å². The lowest BCUT2D eigenvalue weighted by Gasteiger charge is -2.24. The molecule has 0 aromatic rings. The van der Waals surface area contributed by atoms with Gasteiger partial charge in [0.05, 0.1) is 11.8 Å². The number of carbonyl (C=O) groups is 2. The van der Waals surface area contributed by atoms with Crippen LogP contribution in [0.2, 0.25) is 0 Å². The molecule has 1 fully saturated rings. The topological polar surface area (TPSA) is 66.4 Å². The van der Waals surface area contributed by atoms with Gasteiger partial charge in [0.1, 0.15) is 0 Å². The highest BCUT2D eigenvalue weighted by Gasteiger charge is 2.34. The van der Waals surface area contributed by atoms with Crippen LogP contribution < -0.4 is 5.32 Å². The first-order chi connectivity index (χ1) is 7.68. The zero-order chi connectivity index (χ0) is 11.5. The summed E-state index contributed by atoms with van der Waals surface area (Å²) in [6.45, 7) is 0.714. The molecular formula is C12H17NO3. The zero-order valence-corrected chi connectivity index (χ0v) is 9.19. The highest BCUT2D eigenvalue weighted by molar-refractivity contribution is 5.85. The summed E-state index contributed by atoms with van der Waals surface area (Å²) in [7, 11) is 0. The minimum Gasteiger partial charge on any atom is -0.481 e. The van der Waals surface area contributed by atoms with Gasteiger partial charge in [-0.2, -0.15) is 0 Å². The number of amides is 1. The fourth-order valence-corrected chi connectivity index (χ4v) is 2.07. The van der Waals surface area contributed by atoms with Crippen LogP contribution in [-0.4, -0.2) is 23.5 Å². The summed E-state index contributed by atoms with van der Waals surface area (Å²) in [6.07, 6.45) is 7.15. The van der Waals surface area contributed by atoms with E-state index < -0.39 is 11.9 Å². The van der Waals surface area contributed by atoms with Crippen molar-refractivity contribution in [3.63, 3.8) is 0 Å². The second kappa shape index (κ2) is 4.68. The Labute approximate surface area is 94.7 Å². The Bertz CT molecular complexity index is 320. The van der Waals surface area contributed by atoms with Crippen LogP contribution in [0.4, 0.5) is 0 Å². The fraction of sp³-hybridized carbons (Fsp3) is 0.667. The molecule has 0 radical (unpaired) electrons. The quantitative estimate of drug-likeness (QED) is 0.703. The molecule has 1 amide bonds. The summed E-state index contributed by atoms with van der Waals surface area (Å²) in [5.74, 6) is -1.27. The Kier molecular flexibility index (Phi) is 3.27. The predicted octanol–water partition coefficient (Wildman–Crippen LogP) is 1.18. The van der Waals surface area contributed by atoms with Gasteiger partial charge in [-0.25, -0.2) is 0 Å². The van der Waals surface area contributed by atoms with Crippen LogP contribution in [0.3, 0.4) is 0 Å². The molecule has 1 saturated carbocycles. The maximum Gasteiger partial charge on any atom is 0.307 e. The number of allylic oxidation sites excluding steroid dienone is 2. The lowest BCUT2D eigenvalue weighted by Crippen LogP contribution is -2.39. The monoisotopic (exact) mass is 223 g/mol. The highest BCUT2D eigenvalue weighted by Crippen LogP contribution is 2.29. The van der Waals surface area contributed by atoms with Crippen molar-refractivity contribution in [2.24, 2.45) is 17.8 Å². The van der Waals surface area contributed by atoms with Crippen LogP contribution in [0, 0.1) is 17.8 Å². The first-order valence-electron chi connectivity index (χ1n) is 5.84. The van der Waals surface area contributed by atoms with Crippen LogP contribution in [0.1, 0.15) is 25.7 Å². The molecule has 0 aromatic heterocycles. The number of rotatable bonds is 4. The van der Waals surface area contributed by atoms with E-state index in [9.17, 15) is 9.59 Å². The van der Waals surface area contributed by atoms with E-state index in [-0.39, 0.29) is 11.8 Å². The van der Waals surface area contributed by atoms with Gasteiger partial charge in [0, 0.05) is 6.54 Å². The maximum atomic E-state index is 11.8. The van der Waals surface area contributed by atoms with Crippen LogP contribution in [-0.2, 0) is 9.59 Å². The molecule has 16 heavy (non-hydrogen) atoms. The van der Waals surface area contributed by atoms with E-state index in [1.54, 1.807) is 0 Å². The van der Waals surface area contributed by atoms with E-state index in [4.69, 9.17) is 5.11 Å². The Morgan fingerprint density at radius 1 is 1.19 bits per heavy atom. The Balaban J connectivity index is 1.90. The molecule has 0 heterocycles. The van der Waals surface area contributed by atoms with E-state index >= 15 is 0 Å². The summed E-state index contributed by atoms with van der Waals surface area (Å²) >= 11 is 0. The molecule has 0 bridgehead atoms. The molecule has 88 valence electrons. The summed E-state index contributed by atoms with van der Waals surface area (Å²) < 4.78 is 0. The highest BCUT2D eigenvalue weighted by atomic mass is 16.4. The number of carboxylic acid groups (broad SMARTS) is 1. The van der Waals surface area contributed by atoms with E-state index in [0.29, 0.717) is 25.3 Å². The molecule has 0 aromatic carbocycles. The molecule has 2 atom stereocenters. The van der Waals surface area contributed by atoms with Gasteiger partial charge in [0.15, 0.2) is 0 Å². The van der Waals surface area contributed by atoms with Crippen LogP contribution in [0.5, 0.6) is 0 Å². The van der Waals surface area contributed by atoms with Gasteiger partial charge in [-0.15, -0.1) is 0 Å². The van der Waals surface area contributed by atoms with Crippen molar-refractivity contribution in [3.8, 4) is 0 Å². The number of nitrogens with one attached hydrogen (secondary N) is 1. The third-order valence-corrected chi connectivity index (χ3v) is 3.35. The van der Waals surface area contributed by atoms with Crippen LogP contribution in [0.25, 0.3) is 0 Å². The van der Waals surface area contributed by atoms with Crippen molar-refractivity contribution in [2.45, 2.75) is 25.7 Å². The number of carboxylic acids is 1. The number of hydrogen-bond donors (Lipinski definition) is 2. The number of aliphatic carboxylic acids is 1. The predicted molar refractivity (Wildman–Crippen MR) is 58.7 cm³/mol. The molecule has 2 aliphatic carbocycles. The summed E-state index contributed by atoms with van der Waals surface area (Å²) in [5, 5.41) is 11.9. The van der Waals surface area contributed by atoms with Crippen molar-refractivity contribution in [1.29, 1.82) is 0 Å². The van der Waals surface area contributed by atoms with Gasteiger partial charge >= 0.3 is 5.97 Å². The van der Waals surface area contributed by atoms with Crippen molar-refractivity contribution in [3.05, 3.63) is 12.2 Å². The fourth-order valence-electron chi connectivity index (χ4n) is 2.07. The number of hydrogen-bond acceptors (Lipinski definition) is 2. The van der Waals surface area contributed by atoms with E-state index in [0.717, 1.165) is 0 Å². The lowest BCUT2D eigenvalue weighted by atomic mass is 9.82. The van der Waals surface area contributed by atoms with Gasteiger partial charge in [-0.05, 0) is 31.6 Å². The third kappa shape index (κ3) is 2.62. The van der Waals surface area contributed by atoms with Crippen LogP contribution in [0.15, 0.2) is 12.2 Å². The first-order valence-corrected chi connectivity index (χ1v) is 5.84. The van der Waals surface area contributed by atoms with Crippen molar-refractivity contribution in [2.75, 3.05) is 6.54 Å². The molecule has 2 aliphatic rings. The normalized spacial score (nSPS) is 28.8. The molecule has 0 spiro atoms. The van der Waals surface area contributed by atoms with Gasteiger partial charge in [0.2, 0.25) is 5.91 Å². The largest absolute Gasteiger partial charge is 0.481 e. The standard InChI is InChI=1S/C12H17NO3/c14-11(13-7-8-5-6-8)9-3-1-2-4-10(9)12(15)16/h1-2,8-10H,3-7H2,(H,13,14)(H,15,16). The van der Waals surface area contributed by atoms with Gasteiger partial charge < -0.3 is 10.4 Å².